The molecule has 3 unspecified atom stereocenters. The first kappa shape index (κ1) is 35.3. The average Bonchev–Trinajstić information content (AvgIpc) is 3.54. The van der Waals surface area contributed by atoms with Crippen LogP contribution in [-0.2, 0) is 32.7 Å². The Morgan fingerprint density at radius 1 is 1.02 bits per heavy atom. The highest BCUT2D eigenvalue weighted by molar-refractivity contribution is 7.99. The number of likely N-dealkylation sites (N-methyl/N-ethyl adjacent to an activating group) is 1. The quantitative estimate of drug-likeness (QED) is 0.226. The van der Waals surface area contributed by atoms with Crippen LogP contribution in [0, 0.1) is 13.8 Å². The number of piperazine rings is 1. The number of esters is 2. The minimum Gasteiger partial charge on any atom is -0.504 e. The van der Waals surface area contributed by atoms with E-state index in [2.05, 4.69) is 10.2 Å². The number of fused-ring (bicyclic) bond motifs is 6. The second-order valence-corrected chi connectivity index (χ2v) is 16.2. The standard InChI is InChI=1S/C39H43N3O11S/c1-17-9-21-12-38(47)14-41(4)29(26(21)31(45)32(17)49-6)30-36-28-27(35-34(51-16-52-35)18(2)33(28)53-19(3)43)23(42(30)38)13-50-37(46)39(15-54-36)22-11-25(48-5)24(44)10-20(22)7-8-40-39/h9-11,23,29-30,36,40,44-45,47H,7-8,12-16H2,1-6H3/t23-,29-,30?,36+,38?,39+/m0/s1. The van der Waals surface area contributed by atoms with Crippen LogP contribution in [0.5, 0.6) is 40.2 Å². The summed E-state index contributed by atoms with van der Waals surface area (Å²) in [6.45, 7) is 5.44. The summed E-state index contributed by atoms with van der Waals surface area (Å²) in [5.41, 5.74) is 2.60. The van der Waals surface area contributed by atoms with Crippen LogP contribution in [0.3, 0.4) is 0 Å². The van der Waals surface area contributed by atoms with Gasteiger partial charge in [-0.2, -0.15) is 0 Å². The number of phenolic OH excluding ortho intramolecular Hbond substituents is 2. The fourth-order valence-electron chi connectivity index (χ4n) is 10.1. The van der Waals surface area contributed by atoms with E-state index in [0.717, 1.165) is 16.7 Å². The van der Waals surface area contributed by atoms with E-state index >= 15 is 0 Å². The van der Waals surface area contributed by atoms with Crippen LogP contribution in [-0.4, -0.2) is 102 Å². The van der Waals surface area contributed by atoms with Gasteiger partial charge in [-0.1, -0.05) is 6.07 Å². The normalized spacial score (nSPS) is 30.4. The predicted octanol–water partition coefficient (Wildman–Crippen LogP) is 3.41. The summed E-state index contributed by atoms with van der Waals surface area (Å²) in [6.07, 6.45) is 0.730. The molecule has 7 atom stereocenters. The molecule has 0 radical (unpaired) electrons. The Morgan fingerprint density at radius 3 is 2.54 bits per heavy atom. The van der Waals surface area contributed by atoms with Gasteiger partial charge in [0.2, 0.25) is 6.79 Å². The molecule has 54 heavy (non-hydrogen) atoms. The zero-order valence-corrected chi connectivity index (χ0v) is 31.7. The highest BCUT2D eigenvalue weighted by Gasteiger charge is 2.63. The van der Waals surface area contributed by atoms with Crippen molar-refractivity contribution in [3.63, 3.8) is 0 Å². The third kappa shape index (κ3) is 4.74. The number of aliphatic hydroxyl groups is 1. The number of hydrogen-bond acceptors (Lipinski definition) is 15. The van der Waals surface area contributed by atoms with Gasteiger partial charge in [-0.3, -0.25) is 19.9 Å². The van der Waals surface area contributed by atoms with Crippen LogP contribution in [0.2, 0.25) is 0 Å². The second kappa shape index (κ2) is 12.3. The molecule has 0 saturated carbocycles. The monoisotopic (exact) mass is 761 g/mol. The van der Waals surface area contributed by atoms with Gasteiger partial charge in [0, 0.05) is 60.5 Å². The third-order valence-corrected chi connectivity index (χ3v) is 13.6. The van der Waals surface area contributed by atoms with Crippen molar-refractivity contribution in [2.24, 2.45) is 0 Å². The van der Waals surface area contributed by atoms with Gasteiger partial charge in [0.1, 0.15) is 18.1 Å². The number of methoxy groups -OCH3 is 2. The lowest BCUT2D eigenvalue weighted by Crippen LogP contribution is -2.70. The molecule has 2 fully saturated rings. The SMILES string of the molecule is COc1cc2c(cc1O)CCN[C@]21CS[C@@H]2c3c(OC(C)=O)c(C)c4c(c3[C@H](COC1=O)N1C2[C@@H]2c3c(cc(C)c(OC)c3O)CC1(O)CN2C)OCO4. The molecule has 0 aliphatic carbocycles. The maximum atomic E-state index is 14.7. The predicted molar refractivity (Wildman–Crippen MR) is 195 cm³/mol. The van der Waals surface area contributed by atoms with Crippen molar-refractivity contribution in [3.05, 3.63) is 62.7 Å². The molecule has 8 aliphatic heterocycles. The molecule has 0 amide bonds. The van der Waals surface area contributed by atoms with Crippen molar-refractivity contribution in [1.82, 2.24) is 15.1 Å². The minimum atomic E-state index is -1.52. The largest absolute Gasteiger partial charge is 0.504 e. The number of rotatable bonds is 3. The highest BCUT2D eigenvalue weighted by atomic mass is 32.2. The zero-order valence-electron chi connectivity index (χ0n) is 30.9. The van der Waals surface area contributed by atoms with Gasteiger partial charge < -0.3 is 43.7 Å². The van der Waals surface area contributed by atoms with Crippen LogP contribution in [0.4, 0.5) is 0 Å². The Bertz CT molecular complexity index is 2150. The minimum absolute atomic E-state index is 0.00777. The van der Waals surface area contributed by atoms with Crippen molar-refractivity contribution in [1.29, 1.82) is 0 Å². The Morgan fingerprint density at radius 2 is 1.80 bits per heavy atom. The molecule has 3 aromatic carbocycles. The molecule has 1 spiro atoms. The summed E-state index contributed by atoms with van der Waals surface area (Å²) in [4.78, 5) is 31.7. The maximum Gasteiger partial charge on any atom is 0.331 e. The molecular formula is C39H43N3O11S. The topological polar surface area (TPSA) is 169 Å². The number of aryl methyl sites for hydroxylation is 1. The van der Waals surface area contributed by atoms with Crippen molar-refractivity contribution in [2.75, 3.05) is 53.5 Å². The van der Waals surface area contributed by atoms with Gasteiger partial charge >= 0.3 is 11.9 Å². The first-order valence-electron chi connectivity index (χ1n) is 18.0. The van der Waals surface area contributed by atoms with Gasteiger partial charge in [-0.05, 0) is 61.7 Å². The molecule has 14 nitrogen and oxygen atoms in total. The van der Waals surface area contributed by atoms with Gasteiger partial charge in [-0.15, -0.1) is 11.8 Å². The van der Waals surface area contributed by atoms with Crippen molar-refractivity contribution < 1.29 is 53.3 Å². The molecule has 8 aliphatic rings. The van der Waals surface area contributed by atoms with Crippen molar-refractivity contribution >= 4 is 23.7 Å². The van der Waals surface area contributed by atoms with Crippen LogP contribution in [0.15, 0.2) is 18.2 Å². The molecule has 4 bridgehead atoms. The Balaban J connectivity index is 1.33. The van der Waals surface area contributed by atoms with Crippen molar-refractivity contribution in [2.45, 2.75) is 68.3 Å². The number of carbonyl (C=O) groups excluding carboxylic acids is 2. The summed E-state index contributed by atoms with van der Waals surface area (Å²) in [6, 6.07) is 3.43. The van der Waals surface area contributed by atoms with E-state index in [9.17, 15) is 24.9 Å². The molecule has 4 N–H and O–H groups in total. The van der Waals surface area contributed by atoms with Gasteiger partial charge in [0.05, 0.1) is 31.6 Å². The third-order valence-electron chi connectivity index (χ3n) is 12.1. The zero-order chi connectivity index (χ0) is 38.0. The lowest BCUT2D eigenvalue weighted by atomic mass is 9.78. The van der Waals surface area contributed by atoms with E-state index in [4.69, 9.17) is 28.4 Å². The number of phenols is 2. The van der Waals surface area contributed by atoms with Crippen molar-refractivity contribution in [3.8, 4) is 40.2 Å². The molecule has 286 valence electrons. The Labute approximate surface area is 316 Å². The molecular weight excluding hydrogens is 719 g/mol. The fourth-order valence-corrected chi connectivity index (χ4v) is 11.8. The number of thioether (sulfide) groups is 1. The molecule has 15 heteroatoms. The number of carbonyl (C=O) groups is 2. The first-order valence-corrected chi connectivity index (χ1v) is 19.1. The molecule has 2 saturated heterocycles. The smallest absolute Gasteiger partial charge is 0.331 e. The van der Waals surface area contributed by atoms with Crippen LogP contribution < -0.4 is 29.0 Å². The van der Waals surface area contributed by atoms with E-state index < -0.39 is 46.6 Å². The number of nitrogens with zero attached hydrogens (tertiary/aromatic N) is 2. The van der Waals surface area contributed by atoms with Crippen LogP contribution in [0.25, 0.3) is 0 Å². The second-order valence-electron chi connectivity index (χ2n) is 15.1. The number of hydrogen-bond donors (Lipinski definition) is 4. The summed E-state index contributed by atoms with van der Waals surface area (Å²) < 4.78 is 36.0. The number of aromatic hydroxyl groups is 2. The molecule has 0 aromatic heterocycles. The molecule has 8 heterocycles. The van der Waals surface area contributed by atoms with E-state index in [1.54, 1.807) is 12.1 Å². The average molecular weight is 762 g/mol. The summed E-state index contributed by atoms with van der Waals surface area (Å²) in [5, 5.41) is 38.8. The van der Waals surface area contributed by atoms with Gasteiger partial charge in [0.15, 0.2) is 40.0 Å². The number of ether oxygens (including phenoxy) is 6. The maximum absolute atomic E-state index is 14.7. The lowest BCUT2D eigenvalue weighted by molar-refractivity contribution is -0.215. The van der Waals surface area contributed by atoms with Crippen LogP contribution in [0.1, 0.15) is 68.8 Å². The Hall–Kier alpha value is -4.41. The molecule has 3 aromatic rings. The summed E-state index contributed by atoms with van der Waals surface area (Å²) >= 11 is 1.47. The van der Waals surface area contributed by atoms with E-state index in [-0.39, 0.29) is 49.4 Å². The first-order chi connectivity index (χ1) is 25.8. The fraction of sp³-hybridized carbons (Fsp3) is 0.487. The van der Waals surface area contributed by atoms with Crippen LogP contribution >= 0.6 is 11.8 Å². The Kier molecular flexibility index (Phi) is 8.04. The molecule has 11 rings (SSSR count). The van der Waals surface area contributed by atoms with Gasteiger partial charge in [-0.25, -0.2) is 4.79 Å². The number of benzene rings is 3. The highest BCUT2D eigenvalue weighted by Crippen LogP contribution is 2.65. The van der Waals surface area contributed by atoms with E-state index in [1.807, 2.05) is 31.9 Å². The lowest BCUT2D eigenvalue weighted by Gasteiger charge is -2.60. The van der Waals surface area contributed by atoms with E-state index in [0.29, 0.717) is 63.8 Å². The van der Waals surface area contributed by atoms with Gasteiger partial charge in [0.25, 0.3) is 0 Å². The summed E-state index contributed by atoms with van der Waals surface area (Å²) in [7, 11) is 4.92. The number of nitrogens with one attached hydrogen (secondary N) is 1. The summed E-state index contributed by atoms with van der Waals surface area (Å²) in [5.74, 6) is 0.890. The van der Waals surface area contributed by atoms with E-state index in [1.165, 1.54) is 32.9 Å².